The second-order valence-electron chi connectivity index (χ2n) is 6.15. The molecule has 2 N–H and O–H groups in total. The number of hydrogen-bond acceptors (Lipinski definition) is 7. The smallest absolute Gasteiger partial charge is 0.724 e. The van der Waals surface area contributed by atoms with Gasteiger partial charge in [-0.1, -0.05) is 6.08 Å². The molecule has 0 radical (unpaired) electrons. The van der Waals surface area contributed by atoms with Crippen LogP contribution in [-0.2, 0) is 19.5 Å². The maximum Gasteiger partial charge on any atom is 1.00 e. The van der Waals surface area contributed by atoms with Crippen molar-refractivity contribution in [2.24, 2.45) is 0 Å². The molecule has 12 heteroatoms. The van der Waals surface area contributed by atoms with E-state index in [-0.39, 0.29) is 48.1 Å². The Labute approximate surface area is 168 Å². The van der Waals surface area contributed by atoms with E-state index >= 15 is 0 Å². The van der Waals surface area contributed by atoms with Crippen LogP contribution in [0, 0.1) is 0 Å². The van der Waals surface area contributed by atoms with Gasteiger partial charge in [-0.25, -0.2) is 13.2 Å². The zero-order chi connectivity index (χ0) is 17.5. The molecule has 2 bridgehead atoms. The van der Waals surface area contributed by atoms with Gasteiger partial charge in [0.1, 0.15) is 12.1 Å². The number of rotatable bonds is 4. The van der Waals surface area contributed by atoms with Crippen molar-refractivity contribution in [3.63, 3.8) is 0 Å². The summed E-state index contributed by atoms with van der Waals surface area (Å²) >= 11 is 0. The fraction of sp³-hybridized carbons (Fsp3) is 0.692. The van der Waals surface area contributed by atoms with E-state index in [1.165, 1.54) is 4.90 Å². The Hall–Kier alpha value is -0.690. The summed E-state index contributed by atoms with van der Waals surface area (Å²) in [6.45, 7) is 3.40. The van der Waals surface area contributed by atoms with Crippen LogP contribution in [0.25, 0.3) is 0 Å². The number of urea groups is 1. The molecular weight excluding hydrogens is 363 g/mol. The molecule has 3 aliphatic heterocycles. The van der Waals surface area contributed by atoms with Crippen molar-refractivity contribution in [1.82, 2.24) is 20.6 Å². The molecule has 3 aliphatic rings. The first-order chi connectivity index (χ1) is 11.3. The van der Waals surface area contributed by atoms with Crippen LogP contribution in [0.5, 0.6) is 0 Å². The van der Waals surface area contributed by atoms with Gasteiger partial charge >= 0.3 is 35.6 Å². The SMILES string of the molecule is CC1=C[C@@H](C(=O)NC2CCNCC2)N2C[C@H]1N(OS(=O)(=O)[O-])C2=O.[Na+]. The Balaban J connectivity index is 0.00000225. The van der Waals surface area contributed by atoms with Crippen LogP contribution in [0.1, 0.15) is 19.8 Å². The summed E-state index contributed by atoms with van der Waals surface area (Å²) in [5, 5.41) is 6.65. The summed E-state index contributed by atoms with van der Waals surface area (Å²) in [5.74, 6) is -0.320. The Morgan fingerprint density at radius 3 is 2.64 bits per heavy atom. The third-order valence-corrected chi connectivity index (χ3v) is 4.84. The van der Waals surface area contributed by atoms with Gasteiger partial charge in [-0.05, 0) is 38.4 Å². The number of hydrogen-bond donors (Lipinski definition) is 2. The van der Waals surface area contributed by atoms with E-state index in [0.29, 0.717) is 10.6 Å². The standard InChI is InChI=1S/C13H20N4O6S.Na/c1-8-6-10(12(18)15-9-2-4-14-5-3-9)16-7-11(8)17(13(16)19)23-24(20,21)22;/h6,9-11,14H,2-5,7H2,1H3,(H,15,18)(H,20,21,22);/q;+1/p-1/t10-,11+;/m0./s1. The number of amides is 3. The minimum Gasteiger partial charge on any atom is -0.724 e. The second-order valence-corrected chi connectivity index (χ2v) is 7.11. The number of nitrogens with zero attached hydrogens (tertiary/aromatic N) is 2. The van der Waals surface area contributed by atoms with E-state index in [1.54, 1.807) is 13.0 Å². The average molecular weight is 382 g/mol. The van der Waals surface area contributed by atoms with E-state index in [9.17, 15) is 22.6 Å². The molecule has 0 aromatic rings. The minimum absolute atomic E-state index is 0. The Morgan fingerprint density at radius 2 is 2.04 bits per heavy atom. The fourth-order valence-corrected chi connectivity index (χ4v) is 3.63. The van der Waals surface area contributed by atoms with Gasteiger partial charge in [-0.2, -0.15) is 9.35 Å². The molecule has 0 aromatic carbocycles. The van der Waals surface area contributed by atoms with Crippen molar-refractivity contribution < 1.29 is 56.4 Å². The maximum absolute atomic E-state index is 12.5. The van der Waals surface area contributed by atoms with Crippen molar-refractivity contribution in [3.05, 3.63) is 11.6 Å². The Morgan fingerprint density at radius 1 is 1.40 bits per heavy atom. The largest absolute Gasteiger partial charge is 1.00 e. The molecule has 0 aromatic heterocycles. The summed E-state index contributed by atoms with van der Waals surface area (Å²) < 4.78 is 36.7. The fourth-order valence-electron chi connectivity index (χ4n) is 3.26. The van der Waals surface area contributed by atoms with Crippen LogP contribution in [0.15, 0.2) is 11.6 Å². The number of piperidine rings is 1. The Kier molecular flexibility index (Phi) is 6.52. The second kappa shape index (κ2) is 7.91. The molecule has 0 unspecified atom stereocenters. The molecule has 3 amide bonds. The van der Waals surface area contributed by atoms with Crippen LogP contribution in [0.2, 0.25) is 0 Å². The summed E-state index contributed by atoms with van der Waals surface area (Å²) in [6, 6.07) is -2.30. The van der Waals surface area contributed by atoms with E-state index < -0.39 is 28.5 Å². The molecule has 2 saturated heterocycles. The molecule has 25 heavy (non-hydrogen) atoms. The number of carbonyl (C=O) groups is 2. The van der Waals surface area contributed by atoms with Crippen LogP contribution < -0.4 is 40.2 Å². The van der Waals surface area contributed by atoms with Gasteiger partial charge in [0.2, 0.25) is 16.3 Å². The van der Waals surface area contributed by atoms with Gasteiger partial charge < -0.3 is 20.1 Å². The van der Waals surface area contributed by atoms with Crippen LogP contribution in [0.4, 0.5) is 4.79 Å². The summed E-state index contributed by atoms with van der Waals surface area (Å²) in [6.07, 6.45) is 3.21. The number of fused-ring (bicyclic) bond motifs is 2. The summed E-state index contributed by atoms with van der Waals surface area (Å²) in [5.41, 5.74) is 0.603. The number of nitrogens with one attached hydrogen (secondary N) is 2. The van der Waals surface area contributed by atoms with Crippen molar-refractivity contribution in [2.75, 3.05) is 19.6 Å². The molecule has 2 fully saturated rings. The van der Waals surface area contributed by atoms with Gasteiger partial charge in [-0.3, -0.25) is 4.79 Å². The molecule has 0 spiro atoms. The van der Waals surface area contributed by atoms with Crippen molar-refractivity contribution >= 4 is 22.3 Å². The normalized spacial score (nSPS) is 27.0. The summed E-state index contributed by atoms with van der Waals surface area (Å²) in [7, 11) is -5.07. The van der Waals surface area contributed by atoms with Gasteiger partial charge in [-0.15, -0.1) is 0 Å². The number of carbonyl (C=O) groups excluding carboxylic acids is 2. The molecule has 2 atom stereocenters. The molecule has 3 rings (SSSR count). The van der Waals surface area contributed by atoms with Gasteiger partial charge in [0, 0.05) is 6.04 Å². The van der Waals surface area contributed by atoms with Crippen molar-refractivity contribution in [2.45, 2.75) is 37.9 Å². The summed E-state index contributed by atoms with van der Waals surface area (Å²) in [4.78, 5) is 26.1. The molecule has 3 heterocycles. The van der Waals surface area contributed by atoms with Crippen molar-refractivity contribution in [3.8, 4) is 0 Å². The quantitative estimate of drug-likeness (QED) is 0.218. The third kappa shape index (κ3) is 4.54. The molecule has 134 valence electrons. The van der Waals surface area contributed by atoms with Crippen LogP contribution >= 0.6 is 0 Å². The van der Waals surface area contributed by atoms with E-state index in [4.69, 9.17) is 0 Å². The third-order valence-electron chi connectivity index (χ3n) is 4.49. The van der Waals surface area contributed by atoms with E-state index in [1.807, 2.05) is 0 Å². The van der Waals surface area contributed by atoms with Crippen molar-refractivity contribution in [1.29, 1.82) is 0 Å². The first kappa shape index (κ1) is 20.6. The molecule has 10 nitrogen and oxygen atoms in total. The first-order valence-corrected chi connectivity index (χ1v) is 9.04. The molecular formula is C13H19N4NaO6S. The van der Waals surface area contributed by atoms with Gasteiger partial charge in [0.15, 0.2) is 0 Å². The minimum atomic E-state index is -5.07. The molecule has 0 aliphatic carbocycles. The van der Waals surface area contributed by atoms with Crippen LogP contribution in [-0.4, -0.2) is 72.6 Å². The predicted octanol–water partition coefficient (Wildman–Crippen LogP) is -4.31. The van der Waals surface area contributed by atoms with E-state index in [2.05, 4.69) is 14.9 Å². The average Bonchev–Trinajstić information content (AvgIpc) is 2.77. The zero-order valence-electron chi connectivity index (χ0n) is 14.1. The zero-order valence-corrected chi connectivity index (χ0v) is 16.9. The monoisotopic (exact) mass is 382 g/mol. The van der Waals surface area contributed by atoms with E-state index in [0.717, 1.165) is 25.9 Å². The number of hydroxylamine groups is 2. The topological polar surface area (TPSA) is 131 Å². The predicted molar refractivity (Wildman–Crippen MR) is 80.1 cm³/mol. The Bertz CT molecular complexity index is 678. The van der Waals surface area contributed by atoms with Crippen LogP contribution in [0.3, 0.4) is 0 Å². The molecule has 0 saturated carbocycles. The van der Waals surface area contributed by atoms with Gasteiger partial charge in [0.05, 0.1) is 6.54 Å². The first-order valence-electron chi connectivity index (χ1n) is 7.71. The maximum atomic E-state index is 12.5. The van der Waals surface area contributed by atoms with Gasteiger partial charge in [0.25, 0.3) is 0 Å².